The van der Waals surface area contributed by atoms with Crippen molar-refractivity contribution in [3.63, 3.8) is 0 Å². The van der Waals surface area contributed by atoms with Crippen LogP contribution in [0.5, 0.6) is 5.75 Å². The normalized spacial score (nSPS) is 18.2. The van der Waals surface area contributed by atoms with Crippen molar-refractivity contribution >= 4 is 12.4 Å². The maximum Gasteiger partial charge on any atom is 0.442 e. The number of aromatic nitrogens is 1. The number of benzene rings is 2. The summed E-state index contributed by atoms with van der Waals surface area (Å²) in [5.41, 5.74) is 5.20. The Bertz CT molecular complexity index is 1000. The van der Waals surface area contributed by atoms with Crippen LogP contribution in [0.15, 0.2) is 70.4 Å². The van der Waals surface area contributed by atoms with Gasteiger partial charge in [0, 0.05) is 17.5 Å². The van der Waals surface area contributed by atoms with Crippen LogP contribution in [0.25, 0.3) is 11.5 Å². The number of carbonyl (C=O) groups is 1. The highest BCUT2D eigenvalue weighted by atomic mass is 16.5. The van der Waals surface area contributed by atoms with Gasteiger partial charge < -0.3 is 9.15 Å². The number of para-hydroxylation sites is 1. The molecule has 1 aliphatic heterocycles. The van der Waals surface area contributed by atoms with Crippen molar-refractivity contribution in [1.82, 2.24) is 10.4 Å². The van der Waals surface area contributed by atoms with Crippen molar-refractivity contribution in [3.8, 4) is 17.2 Å². The second-order valence-electron chi connectivity index (χ2n) is 6.80. The minimum Gasteiger partial charge on any atom is -0.493 e. The number of urea groups is 1. The van der Waals surface area contributed by atoms with Crippen LogP contribution >= 0.6 is 0 Å². The molecule has 1 atom stereocenters. The monoisotopic (exact) mass is 377 g/mol. The average Bonchev–Trinajstić information content (AvgIpc) is 3.31. The Labute approximate surface area is 162 Å². The van der Waals surface area contributed by atoms with E-state index in [4.69, 9.17) is 9.15 Å². The van der Waals surface area contributed by atoms with Crippen LogP contribution in [0.1, 0.15) is 11.3 Å². The molecule has 7 nitrogen and oxygen atoms in total. The van der Waals surface area contributed by atoms with Gasteiger partial charge in [0.25, 0.3) is 0 Å². The van der Waals surface area contributed by atoms with Crippen LogP contribution in [0, 0.1) is 0 Å². The van der Waals surface area contributed by atoms with E-state index in [0.29, 0.717) is 25.5 Å². The van der Waals surface area contributed by atoms with Crippen molar-refractivity contribution in [3.05, 3.63) is 72.1 Å². The first-order valence-corrected chi connectivity index (χ1v) is 9.04. The minimum absolute atomic E-state index is 0.0596. The van der Waals surface area contributed by atoms with Gasteiger partial charge in [-0.25, -0.2) is 9.78 Å². The number of rotatable bonds is 7. The summed E-state index contributed by atoms with van der Waals surface area (Å²) in [4.78, 5) is 16.5. The summed E-state index contributed by atoms with van der Waals surface area (Å²) < 4.78 is 11.6. The molecule has 0 fully saturated rings. The van der Waals surface area contributed by atoms with Gasteiger partial charge in [0.15, 0.2) is 0 Å². The highest BCUT2D eigenvalue weighted by molar-refractivity contribution is 5.79. The van der Waals surface area contributed by atoms with E-state index in [0.717, 1.165) is 22.6 Å². The fraction of sp³-hybridized carbons (Fsp3) is 0.190. The fourth-order valence-corrected chi connectivity index (χ4v) is 3.02. The van der Waals surface area contributed by atoms with Gasteiger partial charge in [-0.15, -0.1) is 5.10 Å². The minimum atomic E-state index is -0.161. The van der Waals surface area contributed by atoms with Crippen LogP contribution in [0.4, 0.5) is 4.79 Å². The van der Waals surface area contributed by atoms with Crippen molar-refractivity contribution in [2.45, 2.75) is 13.0 Å². The summed E-state index contributed by atoms with van der Waals surface area (Å²) >= 11 is 0. The molecule has 0 saturated heterocycles. The van der Waals surface area contributed by atoms with E-state index in [9.17, 15) is 4.79 Å². The third kappa shape index (κ3) is 3.79. The van der Waals surface area contributed by atoms with Gasteiger partial charge in [0.05, 0.1) is 19.3 Å². The van der Waals surface area contributed by atoms with Crippen LogP contribution in [-0.2, 0) is 13.0 Å². The molecule has 0 saturated carbocycles. The smallest absolute Gasteiger partial charge is 0.442 e. The van der Waals surface area contributed by atoms with Gasteiger partial charge in [-0.1, -0.05) is 30.3 Å². The number of amides is 2. The van der Waals surface area contributed by atoms with E-state index in [1.54, 1.807) is 12.6 Å². The van der Waals surface area contributed by atoms with Gasteiger partial charge in [-0.3, -0.25) is 0 Å². The molecular formula is C21H21N4O3+. The predicted octanol–water partition coefficient (Wildman–Crippen LogP) is 3.58. The van der Waals surface area contributed by atoms with Crippen LogP contribution in [0.2, 0.25) is 0 Å². The summed E-state index contributed by atoms with van der Waals surface area (Å²) in [5, 5.41) is 3.86. The molecule has 7 heteroatoms. The summed E-state index contributed by atoms with van der Waals surface area (Å²) in [6.07, 6.45) is 3.88. The van der Waals surface area contributed by atoms with Crippen LogP contribution in [-0.4, -0.2) is 35.5 Å². The van der Waals surface area contributed by atoms with Crippen LogP contribution in [0.3, 0.4) is 0 Å². The average molecular weight is 377 g/mol. The van der Waals surface area contributed by atoms with Crippen molar-refractivity contribution in [2.24, 2.45) is 5.10 Å². The summed E-state index contributed by atoms with van der Waals surface area (Å²) in [6.45, 7) is 0.926. The molecule has 2 amide bonds. The van der Waals surface area contributed by atoms with Gasteiger partial charge in [0.2, 0.25) is 12.2 Å². The molecule has 28 heavy (non-hydrogen) atoms. The van der Waals surface area contributed by atoms with Crippen molar-refractivity contribution in [1.29, 1.82) is 0 Å². The number of hydrazone groups is 1. The quantitative estimate of drug-likeness (QED) is 0.639. The number of hydrogen-bond acceptors (Lipinski definition) is 5. The topological polar surface area (TPSA) is 76.7 Å². The lowest BCUT2D eigenvalue weighted by Crippen LogP contribution is -2.46. The van der Waals surface area contributed by atoms with Crippen molar-refractivity contribution < 1.29 is 18.4 Å². The molecule has 0 aliphatic carbocycles. The van der Waals surface area contributed by atoms with E-state index in [1.807, 2.05) is 61.6 Å². The second kappa shape index (κ2) is 7.66. The third-order valence-electron chi connectivity index (χ3n) is 4.60. The maximum absolute atomic E-state index is 12.0. The first-order chi connectivity index (χ1) is 13.6. The summed E-state index contributed by atoms with van der Waals surface area (Å²) in [5.74, 6) is 1.36. The lowest BCUT2D eigenvalue weighted by molar-refractivity contribution is -0.739. The highest BCUT2D eigenvalue weighted by Crippen LogP contribution is 2.24. The Morgan fingerprint density at radius 3 is 2.68 bits per heavy atom. The number of hydrogen-bond donors (Lipinski definition) is 1. The van der Waals surface area contributed by atoms with E-state index in [2.05, 4.69) is 15.5 Å². The molecule has 3 aromatic rings. The molecule has 2 aromatic carbocycles. The second-order valence-corrected chi connectivity index (χ2v) is 6.80. The number of quaternary nitrogens is 1. The van der Waals surface area contributed by atoms with Gasteiger partial charge in [0.1, 0.15) is 18.6 Å². The molecule has 1 aliphatic rings. The fourth-order valence-electron chi connectivity index (χ4n) is 3.02. The largest absolute Gasteiger partial charge is 0.493 e. The third-order valence-corrected chi connectivity index (χ3v) is 4.60. The number of nitrogens with one attached hydrogen (secondary N) is 1. The molecule has 0 bridgehead atoms. The molecule has 1 unspecified atom stereocenters. The lowest BCUT2D eigenvalue weighted by atomic mass is 10.2. The summed E-state index contributed by atoms with van der Waals surface area (Å²) in [7, 11) is 1.81. The van der Waals surface area contributed by atoms with Gasteiger partial charge in [-0.2, -0.15) is 9.91 Å². The zero-order chi connectivity index (χ0) is 19.4. The zero-order valence-electron chi connectivity index (χ0n) is 15.5. The van der Waals surface area contributed by atoms with Gasteiger partial charge >= 0.3 is 6.03 Å². The maximum atomic E-state index is 12.0. The Kier molecular flexibility index (Phi) is 4.90. The number of nitrogens with zero attached hydrogens (tertiary/aromatic N) is 3. The zero-order valence-corrected chi connectivity index (χ0v) is 15.5. The van der Waals surface area contributed by atoms with Crippen LogP contribution < -0.4 is 10.2 Å². The highest BCUT2D eigenvalue weighted by Gasteiger charge is 2.36. The molecule has 142 valence electrons. The molecule has 1 N–H and O–H groups in total. The molecule has 1 aromatic heterocycles. The molecule has 2 heterocycles. The molecule has 0 spiro atoms. The predicted molar refractivity (Wildman–Crippen MR) is 104 cm³/mol. The van der Waals surface area contributed by atoms with E-state index < -0.39 is 0 Å². The molecule has 4 rings (SSSR count). The molecular weight excluding hydrogens is 356 g/mol. The Hall–Kier alpha value is -3.45. The SMILES string of the molecule is C[N+]1(Cc2ccccc2OCCc2coc(-c3ccccc3)n2)C=NNC1=O. The van der Waals surface area contributed by atoms with Gasteiger partial charge in [-0.05, 0) is 24.3 Å². The first kappa shape index (κ1) is 17.9. The summed E-state index contributed by atoms with van der Waals surface area (Å²) in [6, 6.07) is 17.3. The molecule has 0 radical (unpaired) electrons. The number of carbonyl (C=O) groups excluding carboxylic acids is 1. The Balaban J connectivity index is 1.39. The van der Waals surface area contributed by atoms with Crippen molar-refractivity contribution in [2.75, 3.05) is 13.7 Å². The number of ether oxygens (including phenoxy) is 1. The van der Waals surface area contributed by atoms with E-state index >= 15 is 0 Å². The Morgan fingerprint density at radius 1 is 1.11 bits per heavy atom. The lowest BCUT2D eigenvalue weighted by Gasteiger charge is -2.21. The Morgan fingerprint density at radius 2 is 1.89 bits per heavy atom. The number of oxazole rings is 1. The standard InChI is InChI=1S/C21H20N4O3/c1-25(15-22-24-21(25)26)13-17-9-5-6-10-19(17)27-12-11-18-14-28-20(23-18)16-7-3-2-4-8-16/h2-10,14-15H,11-13H2,1H3/p+1. The van der Waals surface area contributed by atoms with E-state index in [1.165, 1.54) is 0 Å². The first-order valence-electron chi connectivity index (χ1n) is 9.04. The van der Waals surface area contributed by atoms with E-state index in [-0.39, 0.29) is 10.5 Å².